The average Bonchev–Trinajstić information content (AvgIpc) is 3.29. The van der Waals surface area contributed by atoms with E-state index in [2.05, 4.69) is 10.1 Å². The number of nitrogens with zero attached hydrogens (tertiary/aromatic N) is 4. The van der Waals surface area contributed by atoms with Crippen molar-refractivity contribution in [2.45, 2.75) is 11.8 Å². The minimum Gasteiger partial charge on any atom is -0.339 e. The second-order valence-electron chi connectivity index (χ2n) is 7.92. The van der Waals surface area contributed by atoms with Gasteiger partial charge in [0.1, 0.15) is 0 Å². The number of amides is 1. The Morgan fingerprint density at radius 2 is 1.61 bits per heavy atom. The normalized spacial score (nSPS) is 15.1. The second-order valence-corrected chi connectivity index (χ2v) is 9.86. The molecule has 1 amide bonds. The Labute approximate surface area is 191 Å². The predicted octanol–water partition coefficient (Wildman–Crippen LogP) is 3.34. The van der Waals surface area contributed by atoms with Gasteiger partial charge in [-0.25, -0.2) is 8.42 Å². The van der Waals surface area contributed by atoms with Crippen LogP contribution < -0.4 is 0 Å². The summed E-state index contributed by atoms with van der Waals surface area (Å²) >= 11 is 0. The lowest BCUT2D eigenvalue weighted by atomic mass is 10.1. The first-order valence-electron chi connectivity index (χ1n) is 10.6. The number of piperazine rings is 1. The van der Waals surface area contributed by atoms with Crippen molar-refractivity contribution in [3.8, 4) is 11.4 Å². The molecule has 168 valence electrons. The van der Waals surface area contributed by atoms with Crippen LogP contribution in [0.2, 0.25) is 0 Å². The Kier molecular flexibility index (Phi) is 5.43. The van der Waals surface area contributed by atoms with Crippen LogP contribution in [0, 0.1) is 6.92 Å². The van der Waals surface area contributed by atoms with Crippen LogP contribution in [0.15, 0.2) is 76.1 Å². The van der Waals surface area contributed by atoms with Crippen molar-refractivity contribution in [2.24, 2.45) is 0 Å². The lowest BCUT2D eigenvalue weighted by Gasteiger charge is -2.34. The van der Waals surface area contributed by atoms with Gasteiger partial charge in [0.25, 0.3) is 5.91 Å². The van der Waals surface area contributed by atoms with E-state index in [0.29, 0.717) is 30.4 Å². The Morgan fingerprint density at radius 1 is 0.909 bits per heavy atom. The molecule has 0 unspecified atom stereocenters. The SMILES string of the molecule is Cc1nc(-c2ccc(C(=O)N3CCN(S(=O)(=O)c4ccc5ccccc5c4)CC3)cc2)no1. The largest absolute Gasteiger partial charge is 0.339 e. The van der Waals surface area contributed by atoms with E-state index in [9.17, 15) is 13.2 Å². The molecule has 1 aliphatic heterocycles. The summed E-state index contributed by atoms with van der Waals surface area (Å²) in [7, 11) is -3.63. The number of sulfonamides is 1. The molecule has 1 aliphatic rings. The highest BCUT2D eigenvalue weighted by Crippen LogP contribution is 2.23. The first-order chi connectivity index (χ1) is 15.9. The second kappa shape index (κ2) is 8.42. The fraction of sp³-hybridized carbons (Fsp3) is 0.208. The van der Waals surface area contributed by atoms with Crippen LogP contribution in [0.5, 0.6) is 0 Å². The molecule has 0 bridgehead atoms. The summed E-state index contributed by atoms with van der Waals surface area (Å²) in [4.78, 5) is 19.1. The lowest BCUT2D eigenvalue weighted by Crippen LogP contribution is -2.50. The Morgan fingerprint density at radius 3 is 2.27 bits per heavy atom. The number of hydrogen-bond acceptors (Lipinski definition) is 6. The van der Waals surface area contributed by atoms with Gasteiger partial charge in [0.2, 0.25) is 21.7 Å². The first-order valence-corrected chi connectivity index (χ1v) is 12.0. The van der Waals surface area contributed by atoms with E-state index in [0.717, 1.165) is 16.3 Å². The van der Waals surface area contributed by atoms with Crippen LogP contribution in [0.4, 0.5) is 0 Å². The van der Waals surface area contributed by atoms with Gasteiger partial charge in [-0.1, -0.05) is 47.6 Å². The number of carbonyl (C=O) groups excluding carboxylic acids is 1. The third-order valence-electron chi connectivity index (χ3n) is 5.80. The quantitative estimate of drug-likeness (QED) is 0.462. The molecule has 3 aromatic carbocycles. The fourth-order valence-corrected chi connectivity index (χ4v) is 5.43. The van der Waals surface area contributed by atoms with Gasteiger partial charge in [-0.2, -0.15) is 9.29 Å². The molecule has 33 heavy (non-hydrogen) atoms. The monoisotopic (exact) mass is 462 g/mol. The van der Waals surface area contributed by atoms with E-state index in [4.69, 9.17) is 4.52 Å². The van der Waals surface area contributed by atoms with E-state index < -0.39 is 10.0 Å². The van der Waals surface area contributed by atoms with Gasteiger partial charge >= 0.3 is 0 Å². The van der Waals surface area contributed by atoms with Crippen LogP contribution in [0.1, 0.15) is 16.2 Å². The summed E-state index contributed by atoms with van der Waals surface area (Å²) in [6.07, 6.45) is 0. The molecule has 4 aromatic rings. The molecule has 0 N–H and O–H groups in total. The van der Waals surface area contributed by atoms with Crippen LogP contribution in [-0.2, 0) is 10.0 Å². The zero-order valence-corrected chi connectivity index (χ0v) is 18.8. The Balaban J connectivity index is 1.26. The van der Waals surface area contributed by atoms with Crippen molar-refractivity contribution < 1.29 is 17.7 Å². The molecule has 5 rings (SSSR count). The number of carbonyl (C=O) groups is 1. The maximum Gasteiger partial charge on any atom is 0.253 e. The highest BCUT2D eigenvalue weighted by molar-refractivity contribution is 7.89. The molecular weight excluding hydrogens is 440 g/mol. The fourth-order valence-electron chi connectivity index (χ4n) is 3.97. The Bertz CT molecular complexity index is 1420. The van der Waals surface area contributed by atoms with E-state index in [-0.39, 0.29) is 23.9 Å². The van der Waals surface area contributed by atoms with Gasteiger partial charge in [0.15, 0.2) is 0 Å². The van der Waals surface area contributed by atoms with Crippen molar-refractivity contribution in [1.29, 1.82) is 0 Å². The molecule has 9 heteroatoms. The average molecular weight is 463 g/mol. The van der Waals surface area contributed by atoms with Crippen LogP contribution in [0.25, 0.3) is 22.2 Å². The smallest absolute Gasteiger partial charge is 0.253 e. The van der Waals surface area contributed by atoms with E-state index >= 15 is 0 Å². The van der Waals surface area contributed by atoms with Gasteiger partial charge in [0, 0.05) is 44.2 Å². The molecule has 1 fully saturated rings. The minimum atomic E-state index is -3.63. The van der Waals surface area contributed by atoms with Crippen molar-refractivity contribution in [3.63, 3.8) is 0 Å². The van der Waals surface area contributed by atoms with Gasteiger partial charge < -0.3 is 9.42 Å². The zero-order chi connectivity index (χ0) is 23.0. The van der Waals surface area contributed by atoms with Crippen LogP contribution >= 0.6 is 0 Å². The molecule has 1 saturated heterocycles. The minimum absolute atomic E-state index is 0.131. The summed E-state index contributed by atoms with van der Waals surface area (Å²) in [5, 5.41) is 5.75. The summed E-state index contributed by atoms with van der Waals surface area (Å²) in [5.41, 5.74) is 1.29. The van der Waals surface area contributed by atoms with Crippen molar-refractivity contribution in [2.75, 3.05) is 26.2 Å². The molecule has 0 aliphatic carbocycles. The maximum atomic E-state index is 13.2. The number of fused-ring (bicyclic) bond motifs is 1. The van der Waals surface area contributed by atoms with Gasteiger partial charge in [-0.3, -0.25) is 4.79 Å². The third kappa shape index (κ3) is 4.12. The highest BCUT2D eigenvalue weighted by Gasteiger charge is 2.30. The lowest BCUT2D eigenvalue weighted by molar-refractivity contribution is 0.0698. The van der Waals surface area contributed by atoms with Gasteiger partial charge in [0.05, 0.1) is 4.90 Å². The van der Waals surface area contributed by atoms with Gasteiger partial charge in [-0.15, -0.1) is 0 Å². The van der Waals surface area contributed by atoms with E-state index in [1.54, 1.807) is 48.2 Å². The Hall–Kier alpha value is -3.56. The molecule has 0 saturated carbocycles. The number of aryl methyl sites for hydroxylation is 1. The van der Waals surface area contributed by atoms with Crippen molar-refractivity contribution in [3.05, 3.63) is 78.2 Å². The predicted molar refractivity (Wildman–Crippen MR) is 123 cm³/mol. The zero-order valence-electron chi connectivity index (χ0n) is 18.0. The molecule has 8 nitrogen and oxygen atoms in total. The number of benzene rings is 3. The molecule has 1 aromatic heterocycles. The number of aromatic nitrogens is 2. The highest BCUT2D eigenvalue weighted by atomic mass is 32.2. The molecular formula is C24H22N4O4S. The van der Waals surface area contributed by atoms with Crippen molar-refractivity contribution >= 4 is 26.7 Å². The summed E-state index contributed by atoms with van der Waals surface area (Å²) in [5.74, 6) is 0.814. The summed E-state index contributed by atoms with van der Waals surface area (Å²) < 4.78 is 32.7. The summed E-state index contributed by atoms with van der Waals surface area (Å²) in [6, 6.07) is 19.8. The summed E-state index contributed by atoms with van der Waals surface area (Å²) in [6.45, 7) is 2.88. The van der Waals surface area contributed by atoms with Crippen LogP contribution in [-0.4, -0.2) is 59.8 Å². The maximum absolute atomic E-state index is 13.2. The molecule has 0 spiro atoms. The van der Waals surface area contributed by atoms with Crippen LogP contribution in [0.3, 0.4) is 0 Å². The van der Waals surface area contributed by atoms with Gasteiger partial charge in [-0.05, 0) is 35.0 Å². The van der Waals surface area contributed by atoms with E-state index in [1.807, 2.05) is 30.3 Å². The number of hydrogen-bond donors (Lipinski definition) is 0. The third-order valence-corrected chi connectivity index (χ3v) is 7.70. The first kappa shape index (κ1) is 21.3. The number of rotatable bonds is 4. The molecule has 0 atom stereocenters. The molecule has 2 heterocycles. The molecule has 0 radical (unpaired) electrons. The van der Waals surface area contributed by atoms with Crippen molar-refractivity contribution in [1.82, 2.24) is 19.3 Å². The topological polar surface area (TPSA) is 96.6 Å². The standard InChI is InChI=1S/C24H22N4O4S/c1-17-25-23(26-32-17)19-6-8-20(9-7-19)24(29)27-12-14-28(15-13-27)33(30,31)22-11-10-18-4-2-3-5-21(18)16-22/h2-11,16H,12-15H2,1H3. The van der Waals surface area contributed by atoms with E-state index in [1.165, 1.54) is 4.31 Å².